The Balaban J connectivity index is 1.72. The van der Waals surface area contributed by atoms with Crippen molar-refractivity contribution in [2.75, 3.05) is 13.1 Å². The van der Waals surface area contributed by atoms with Crippen LogP contribution in [-0.2, 0) is 21.2 Å². The van der Waals surface area contributed by atoms with Crippen molar-refractivity contribution in [3.8, 4) is 0 Å². The van der Waals surface area contributed by atoms with E-state index in [2.05, 4.69) is 10.0 Å². The van der Waals surface area contributed by atoms with E-state index in [-0.39, 0.29) is 36.1 Å². The number of carbonyl (C=O) groups is 1. The Hall–Kier alpha value is -1.96. The van der Waals surface area contributed by atoms with Crippen LogP contribution in [-0.4, -0.2) is 27.4 Å². The highest BCUT2D eigenvalue weighted by atomic mass is 35.5. The predicted molar refractivity (Wildman–Crippen MR) is 94.4 cm³/mol. The molecule has 1 amide bonds. The van der Waals surface area contributed by atoms with E-state index in [4.69, 9.17) is 11.6 Å². The monoisotopic (exact) mass is 384 g/mol. The lowest BCUT2D eigenvalue weighted by atomic mass is 10.1. The molecule has 2 rings (SSSR count). The molecule has 0 bridgehead atoms. The van der Waals surface area contributed by atoms with Crippen molar-refractivity contribution < 1.29 is 17.6 Å². The number of hydrogen-bond donors (Lipinski definition) is 2. The second-order valence-corrected chi connectivity index (χ2v) is 7.54. The van der Waals surface area contributed by atoms with E-state index in [0.29, 0.717) is 11.4 Å². The van der Waals surface area contributed by atoms with Gasteiger partial charge in [-0.15, -0.1) is 0 Å². The summed E-state index contributed by atoms with van der Waals surface area (Å²) in [5, 5.41) is 2.94. The van der Waals surface area contributed by atoms with Crippen molar-refractivity contribution in [2.24, 2.45) is 0 Å². The zero-order chi connectivity index (χ0) is 18.3. The summed E-state index contributed by atoms with van der Waals surface area (Å²) in [6, 6.07) is 12.0. The van der Waals surface area contributed by atoms with Gasteiger partial charge >= 0.3 is 0 Å². The molecule has 0 aromatic heterocycles. The van der Waals surface area contributed by atoms with Gasteiger partial charge in [0.25, 0.3) is 0 Å². The second kappa shape index (κ2) is 8.94. The van der Waals surface area contributed by atoms with E-state index < -0.39 is 10.0 Å². The lowest BCUT2D eigenvalue weighted by Crippen LogP contribution is -2.34. The maximum absolute atomic E-state index is 13.0. The van der Waals surface area contributed by atoms with Crippen molar-refractivity contribution in [2.45, 2.75) is 17.7 Å². The third-order valence-corrected chi connectivity index (χ3v) is 5.07. The quantitative estimate of drug-likeness (QED) is 0.687. The molecule has 0 heterocycles. The summed E-state index contributed by atoms with van der Waals surface area (Å²) in [6.45, 7) is 0.211. The smallest absolute Gasteiger partial charge is 0.240 e. The van der Waals surface area contributed by atoms with Gasteiger partial charge in [0.2, 0.25) is 15.9 Å². The van der Waals surface area contributed by atoms with Gasteiger partial charge in [0.05, 0.1) is 4.90 Å². The number of aryl methyl sites for hydroxylation is 1. The average molecular weight is 385 g/mol. The van der Waals surface area contributed by atoms with Crippen LogP contribution in [0.25, 0.3) is 0 Å². The van der Waals surface area contributed by atoms with E-state index in [1.165, 1.54) is 24.3 Å². The number of halogens is 2. The van der Waals surface area contributed by atoms with Crippen LogP contribution >= 0.6 is 11.6 Å². The van der Waals surface area contributed by atoms with Crippen LogP contribution in [0.1, 0.15) is 12.0 Å². The molecule has 2 aromatic rings. The predicted octanol–water partition coefficient (Wildman–Crippen LogP) is 2.51. The first kappa shape index (κ1) is 19.4. The Labute approximate surface area is 151 Å². The van der Waals surface area contributed by atoms with Crippen LogP contribution in [0.4, 0.5) is 4.39 Å². The maximum atomic E-state index is 13.0. The number of nitrogens with one attached hydrogen (secondary N) is 2. The molecule has 134 valence electrons. The molecule has 0 fully saturated rings. The fraction of sp³-hybridized carbons (Fsp3) is 0.235. The zero-order valence-corrected chi connectivity index (χ0v) is 14.9. The van der Waals surface area contributed by atoms with Gasteiger partial charge in [0, 0.05) is 24.5 Å². The van der Waals surface area contributed by atoms with Gasteiger partial charge in [-0.2, -0.15) is 0 Å². The maximum Gasteiger partial charge on any atom is 0.240 e. The number of rotatable bonds is 8. The first-order valence-electron chi connectivity index (χ1n) is 7.63. The van der Waals surface area contributed by atoms with Crippen LogP contribution in [0.15, 0.2) is 53.4 Å². The van der Waals surface area contributed by atoms with Crippen LogP contribution in [0, 0.1) is 5.82 Å². The number of amides is 1. The van der Waals surface area contributed by atoms with Gasteiger partial charge in [-0.05, 0) is 42.3 Å². The summed E-state index contributed by atoms with van der Waals surface area (Å²) in [5.41, 5.74) is 0.733. The van der Waals surface area contributed by atoms with E-state index in [1.54, 1.807) is 24.3 Å². The summed E-state index contributed by atoms with van der Waals surface area (Å²) in [4.78, 5) is 11.8. The SMILES string of the molecule is O=C(CCc1cccc(F)c1)NCCNS(=O)(=O)c1cccc(Cl)c1. The molecule has 2 aromatic carbocycles. The largest absolute Gasteiger partial charge is 0.355 e. The number of hydrogen-bond acceptors (Lipinski definition) is 3. The van der Waals surface area contributed by atoms with E-state index in [1.807, 2.05) is 0 Å². The highest BCUT2D eigenvalue weighted by molar-refractivity contribution is 7.89. The van der Waals surface area contributed by atoms with Crippen LogP contribution in [0.5, 0.6) is 0 Å². The number of sulfonamides is 1. The minimum atomic E-state index is -3.67. The molecule has 0 atom stereocenters. The normalized spacial score (nSPS) is 11.3. The highest BCUT2D eigenvalue weighted by Crippen LogP contribution is 2.14. The summed E-state index contributed by atoms with van der Waals surface area (Å²) >= 11 is 5.78. The minimum Gasteiger partial charge on any atom is -0.355 e. The topological polar surface area (TPSA) is 75.3 Å². The zero-order valence-electron chi connectivity index (χ0n) is 13.3. The van der Waals surface area contributed by atoms with Crippen molar-refractivity contribution in [3.63, 3.8) is 0 Å². The molecule has 0 unspecified atom stereocenters. The van der Waals surface area contributed by atoms with E-state index in [0.717, 1.165) is 5.56 Å². The standard InChI is InChI=1S/C17H18ClFN2O3S/c18-14-4-2-6-16(12-14)25(23,24)21-10-9-20-17(22)8-7-13-3-1-5-15(19)11-13/h1-6,11-12,21H,7-10H2,(H,20,22). The van der Waals surface area contributed by atoms with Crippen LogP contribution in [0.3, 0.4) is 0 Å². The third kappa shape index (κ3) is 6.45. The summed E-state index contributed by atoms with van der Waals surface area (Å²) in [5.74, 6) is -0.570. The fourth-order valence-electron chi connectivity index (χ4n) is 2.14. The van der Waals surface area contributed by atoms with Gasteiger partial charge in [-0.25, -0.2) is 17.5 Å². The molecule has 2 N–H and O–H groups in total. The van der Waals surface area contributed by atoms with Crippen LogP contribution < -0.4 is 10.0 Å². The Kier molecular flexibility index (Phi) is 6.92. The third-order valence-electron chi connectivity index (χ3n) is 3.38. The van der Waals surface area contributed by atoms with Gasteiger partial charge in [0.1, 0.15) is 5.82 Å². The Morgan fingerprint density at radius 2 is 1.84 bits per heavy atom. The molecule has 0 aliphatic heterocycles. The van der Waals surface area contributed by atoms with Gasteiger partial charge in [0.15, 0.2) is 0 Å². The summed E-state index contributed by atoms with van der Waals surface area (Å²) in [7, 11) is -3.67. The molecule has 0 saturated carbocycles. The van der Waals surface area contributed by atoms with E-state index in [9.17, 15) is 17.6 Å². The summed E-state index contributed by atoms with van der Waals surface area (Å²) < 4.78 is 39.5. The number of benzene rings is 2. The van der Waals surface area contributed by atoms with Gasteiger partial charge in [-0.3, -0.25) is 4.79 Å². The first-order chi connectivity index (χ1) is 11.9. The fourth-order valence-corrected chi connectivity index (χ4v) is 3.48. The van der Waals surface area contributed by atoms with Crippen molar-refractivity contribution in [1.29, 1.82) is 0 Å². The second-order valence-electron chi connectivity index (χ2n) is 5.34. The molecule has 0 saturated heterocycles. The van der Waals surface area contributed by atoms with Crippen molar-refractivity contribution >= 4 is 27.5 Å². The summed E-state index contributed by atoms with van der Waals surface area (Å²) in [6.07, 6.45) is 0.613. The Morgan fingerprint density at radius 3 is 2.56 bits per heavy atom. The molecule has 0 aliphatic rings. The lowest BCUT2D eigenvalue weighted by molar-refractivity contribution is -0.121. The first-order valence-corrected chi connectivity index (χ1v) is 9.49. The molecule has 25 heavy (non-hydrogen) atoms. The Morgan fingerprint density at radius 1 is 1.08 bits per heavy atom. The molecule has 0 radical (unpaired) electrons. The molecule has 8 heteroatoms. The average Bonchev–Trinajstić information content (AvgIpc) is 2.57. The molecular formula is C17H18ClFN2O3S. The molecular weight excluding hydrogens is 367 g/mol. The Bertz CT molecular complexity index is 843. The molecule has 0 spiro atoms. The lowest BCUT2D eigenvalue weighted by Gasteiger charge is -2.08. The van der Waals surface area contributed by atoms with Crippen molar-refractivity contribution in [3.05, 3.63) is 64.9 Å². The van der Waals surface area contributed by atoms with E-state index >= 15 is 0 Å². The minimum absolute atomic E-state index is 0.0561. The highest BCUT2D eigenvalue weighted by Gasteiger charge is 2.13. The van der Waals surface area contributed by atoms with Gasteiger partial charge in [-0.1, -0.05) is 29.8 Å². The number of carbonyl (C=O) groups excluding carboxylic acids is 1. The van der Waals surface area contributed by atoms with Crippen molar-refractivity contribution in [1.82, 2.24) is 10.0 Å². The van der Waals surface area contributed by atoms with Gasteiger partial charge < -0.3 is 5.32 Å². The molecule has 0 aliphatic carbocycles. The molecule has 5 nitrogen and oxygen atoms in total. The van der Waals surface area contributed by atoms with Crippen LogP contribution in [0.2, 0.25) is 5.02 Å².